The van der Waals surface area contributed by atoms with Crippen LogP contribution in [0.5, 0.6) is 0 Å². The highest BCUT2D eigenvalue weighted by Crippen LogP contribution is 2.27. The molecule has 2 aromatic rings. The SMILES string of the molecule is CC(C)Sc1ccccc1C(=O)Nc1ccc(NC(=O)C(C)C)cc1. The van der Waals surface area contributed by atoms with Crippen molar-refractivity contribution in [2.45, 2.75) is 37.8 Å². The van der Waals surface area contributed by atoms with Gasteiger partial charge in [-0.2, -0.15) is 0 Å². The second-order valence-corrected chi connectivity index (χ2v) is 7.96. The van der Waals surface area contributed by atoms with E-state index in [1.807, 2.05) is 38.1 Å². The Hall–Kier alpha value is -2.27. The average molecular weight is 356 g/mol. The fourth-order valence-corrected chi connectivity index (χ4v) is 3.09. The van der Waals surface area contributed by atoms with E-state index in [-0.39, 0.29) is 17.7 Å². The number of benzene rings is 2. The first-order chi connectivity index (χ1) is 11.9. The molecule has 132 valence electrons. The summed E-state index contributed by atoms with van der Waals surface area (Å²) in [4.78, 5) is 25.2. The zero-order valence-electron chi connectivity index (χ0n) is 15.0. The van der Waals surface area contributed by atoms with E-state index >= 15 is 0 Å². The lowest BCUT2D eigenvalue weighted by Crippen LogP contribution is -2.17. The van der Waals surface area contributed by atoms with Gasteiger partial charge in [0.15, 0.2) is 0 Å². The molecule has 4 nitrogen and oxygen atoms in total. The van der Waals surface area contributed by atoms with E-state index in [2.05, 4.69) is 24.5 Å². The van der Waals surface area contributed by atoms with Crippen LogP contribution in [-0.2, 0) is 4.79 Å². The highest BCUT2D eigenvalue weighted by molar-refractivity contribution is 8.00. The number of thioether (sulfide) groups is 1. The van der Waals surface area contributed by atoms with Crippen molar-refractivity contribution in [2.24, 2.45) is 5.92 Å². The van der Waals surface area contributed by atoms with Crippen molar-refractivity contribution >= 4 is 35.0 Å². The van der Waals surface area contributed by atoms with Gasteiger partial charge in [-0.3, -0.25) is 9.59 Å². The smallest absolute Gasteiger partial charge is 0.256 e. The lowest BCUT2D eigenvalue weighted by molar-refractivity contribution is -0.118. The molecule has 0 aliphatic carbocycles. The molecule has 0 spiro atoms. The van der Waals surface area contributed by atoms with Gasteiger partial charge in [0.2, 0.25) is 5.91 Å². The first-order valence-corrected chi connectivity index (χ1v) is 9.22. The zero-order valence-corrected chi connectivity index (χ0v) is 15.8. The van der Waals surface area contributed by atoms with Crippen LogP contribution in [0.2, 0.25) is 0 Å². The number of carbonyl (C=O) groups is 2. The number of nitrogens with one attached hydrogen (secondary N) is 2. The third-order valence-electron chi connectivity index (χ3n) is 3.43. The zero-order chi connectivity index (χ0) is 18.4. The van der Waals surface area contributed by atoms with Crippen molar-refractivity contribution in [2.75, 3.05) is 10.6 Å². The Kier molecular flexibility index (Phi) is 6.65. The Morgan fingerprint density at radius 3 is 1.96 bits per heavy atom. The molecule has 25 heavy (non-hydrogen) atoms. The average Bonchev–Trinajstić information content (AvgIpc) is 2.56. The van der Waals surface area contributed by atoms with Gasteiger partial charge in [-0.25, -0.2) is 0 Å². The first-order valence-electron chi connectivity index (χ1n) is 8.34. The topological polar surface area (TPSA) is 58.2 Å². The standard InChI is InChI=1S/C20H24N2O2S/c1-13(2)19(23)21-15-9-11-16(12-10-15)22-20(24)17-7-5-6-8-18(17)25-14(3)4/h5-14H,1-4H3,(H,21,23)(H,22,24). The molecule has 0 saturated carbocycles. The Balaban J connectivity index is 2.07. The van der Waals surface area contributed by atoms with Crippen LogP contribution < -0.4 is 10.6 Å². The van der Waals surface area contributed by atoms with Crippen LogP contribution in [-0.4, -0.2) is 17.1 Å². The predicted octanol–water partition coefficient (Wildman–Crippen LogP) is 5.03. The number of hydrogen-bond acceptors (Lipinski definition) is 3. The van der Waals surface area contributed by atoms with E-state index < -0.39 is 0 Å². The van der Waals surface area contributed by atoms with Gasteiger partial charge in [0.1, 0.15) is 0 Å². The molecule has 0 radical (unpaired) electrons. The Morgan fingerprint density at radius 2 is 1.40 bits per heavy atom. The molecule has 0 saturated heterocycles. The molecule has 2 amide bonds. The van der Waals surface area contributed by atoms with Crippen LogP contribution in [0.3, 0.4) is 0 Å². The monoisotopic (exact) mass is 356 g/mol. The predicted molar refractivity (Wildman–Crippen MR) is 105 cm³/mol. The van der Waals surface area contributed by atoms with Crippen LogP contribution in [0.15, 0.2) is 53.4 Å². The highest BCUT2D eigenvalue weighted by atomic mass is 32.2. The number of carbonyl (C=O) groups excluding carboxylic acids is 2. The number of hydrogen-bond donors (Lipinski definition) is 2. The molecule has 0 heterocycles. The van der Waals surface area contributed by atoms with Crippen molar-refractivity contribution in [1.29, 1.82) is 0 Å². The lowest BCUT2D eigenvalue weighted by Gasteiger charge is -2.12. The summed E-state index contributed by atoms with van der Waals surface area (Å²) in [5.41, 5.74) is 2.07. The summed E-state index contributed by atoms with van der Waals surface area (Å²) in [6.45, 7) is 7.89. The molecular weight excluding hydrogens is 332 g/mol. The Morgan fingerprint density at radius 1 is 0.840 bits per heavy atom. The molecule has 2 N–H and O–H groups in total. The van der Waals surface area contributed by atoms with Gasteiger partial charge in [-0.1, -0.05) is 39.8 Å². The van der Waals surface area contributed by atoms with Crippen molar-refractivity contribution in [3.05, 3.63) is 54.1 Å². The molecule has 5 heteroatoms. The first kappa shape index (κ1) is 19.1. The number of amides is 2. The Labute approximate surface area is 153 Å². The molecule has 0 atom stereocenters. The minimum absolute atomic E-state index is 0.0311. The maximum atomic E-state index is 12.6. The van der Waals surface area contributed by atoms with Crippen LogP contribution in [0.1, 0.15) is 38.1 Å². The van der Waals surface area contributed by atoms with Crippen molar-refractivity contribution in [1.82, 2.24) is 0 Å². The van der Waals surface area contributed by atoms with Gasteiger partial charge >= 0.3 is 0 Å². The van der Waals surface area contributed by atoms with Crippen molar-refractivity contribution in [3.63, 3.8) is 0 Å². The van der Waals surface area contributed by atoms with Crippen molar-refractivity contribution < 1.29 is 9.59 Å². The summed E-state index contributed by atoms with van der Waals surface area (Å²) in [6.07, 6.45) is 0. The van der Waals surface area contributed by atoms with E-state index in [1.54, 1.807) is 36.0 Å². The van der Waals surface area contributed by atoms with Crippen molar-refractivity contribution in [3.8, 4) is 0 Å². The highest BCUT2D eigenvalue weighted by Gasteiger charge is 2.13. The lowest BCUT2D eigenvalue weighted by atomic mass is 10.2. The molecule has 0 fully saturated rings. The fraction of sp³-hybridized carbons (Fsp3) is 0.300. The second kappa shape index (κ2) is 8.72. The van der Waals surface area contributed by atoms with E-state index in [9.17, 15) is 9.59 Å². The maximum absolute atomic E-state index is 12.6. The summed E-state index contributed by atoms with van der Waals surface area (Å²) < 4.78 is 0. The van der Waals surface area contributed by atoms with E-state index in [1.165, 1.54) is 0 Å². The molecule has 2 rings (SSSR count). The minimum Gasteiger partial charge on any atom is -0.326 e. The molecule has 0 aromatic heterocycles. The van der Waals surface area contributed by atoms with E-state index in [0.29, 0.717) is 22.2 Å². The van der Waals surface area contributed by atoms with E-state index in [0.717, 1.165) is 4.90 Å². The summed E-state index contributed by atoms with van der Waals surface area (Å²) in [5.74, 6) is -0.242. The molecule has 0 bridgehead atoms. The maximum Gasteiger partial charge on any atom is 0.256 e. The summed E-state index contributed by atoms with van der Waals surface area (Å²) in [6, 6.07) is 14.7. The minimum atomic E-state index is -0.136. The third kappa shape index (κ3) is 5.64. The molecule has 0 aliphatic rings. The third-order valence-corrected chi connectivity index (χ3v) is 4.51. The largest absolute Gasteiger partial charge is 0.326 e. The molecule has 0 unspecified atom stereocenters. The van der Waals surface area contributed by atoms with Gasteiger partial charge in [0, 0.05) is 27.4 Å². The van der Waals surface area contributed by atoms with Crippen LogP contribution in [0, 0.1) is 5.92 Å². The summed E-state index contributed by atoms with van der Waals surface area (Å²) >= 11 is 1.67. The van der Waals surface area contributed by atoms with Gasteiger partial charge < -0.3 is 10.6 Å². The molecule has 2 aromatic carbocycles. The molecule has 0 aliphatic heterocycles. The summed E-state index contributed by atoms with van der Waals surface area (Å²) in [5, 5.41) is 6.14. The van der Waals surface area contributed by atoms with Crippen LogP contribution in [0.25, 0.3) is 0 Å². The number of anilines is 2. The van der Waals surface area contributed by atoms with Gasteiger partial charge in [0.25, 0.3) is 5.91 Å². The number of rotatable bonds is 6. The van der Waals surface area contributed by atoms with Gasteiger partial charge in [0.05, 0.1) is 5.56 Å². The normalized spacial score (nSPS) is 10.8. The fourth-order valence-electron chi connectivity index (χ4n) is 2.13. The quantitative estimate of drug-likeness (QED) is 0.713. The second-order valence-electron chi connectivity index (χ2n) is 6.34. The van der Waals surface area contributed by atoms with Crippen LogP contribution in [0.4, 0.5) is 11.4 Å². The van der Waals surface area contributed by atoms with E-state index in [4.69, 9.17) is 0 Å². The molecular formula is C20H24N2O2S. The van der Waals surface area contributed by atoms with Gasteiger partial charge in [-0.15, -0.1) is 11.8 Å². The van der Waals surface area contributed by atoms with Crippen LogP contribution >= 0.6 is 11.8 Å². The Bertz CT molecular complexity index is 740. The van der Waals surface area contributed by atoms with Gasteiger partial charge in [-0.05, 0) is 36.4 Å². The summed E-state index contributed by atoms with van der Waals surface area (Å²) in [7, 11) is 0.